The van der Waals surface area contributed by atoms with Gasteiger partial charge in [0.15, 0.2) is 0 Å². The maximum Gasteiger partial charge on any atom is 0.0180 e. The highest BCUT2D eigenvalue weighted by Gasteiger charge is 2.04. The molecule has 65 valence electrons. The number of hydrogen-bond acceptors (Lipinski definition) is 0. The molecule has 0 saturated carbocycles. The van der Waals surface area contributed by atoms with Crippen LogP contribution < -0.4 is 0 Å². The Labute approximate surface area is 90.6 Å². The first-order chi connectivity index (χ1) is 5.63. The smallest absolute Gasteiger partial charge is 0.0180 e. The van der Waals surface area contributed by atoms with E-state index in [-0.39, 0.29) is 0 Å². The number of halogens is 2. The van der Waals surface area contributed by atoms with E-state index < -0.39 is 0 Å². The lowest BCUT2D eigenvalue weighted by atomic mass is 10.0. The Morgan fingerprint density at radius 2 is 2.08 bits per heavy atom. The first-order valence-electron chi connectivity index (χ1n) is 3.79. The minimum Gasteiger partial charge on any atom is -0.0921 e. The van der Waals surface area contributed by atoms with Crippen molar-refractivity contribution in [3.63, 3.8) is 0 Å². The van der Waals surface area contributed by atoms with Crippen LogP contribution in [0.1, 0.15) is 17.0 Å². The zero-order valence-electron chi connectivity index (χ0n) is 6.98. The fraction of sp³-hybridized carbons (Fsp3) is 0.300. The van der Waals surface area contributed by atoms with E-state index in [0.717, 1.165) is 9.80 Å². The average molecular weight is 291 g/mol. The first-order valence-corrected chi connectivity index (χ1v) is 5.71. The summed E-state index contributed by atoms with van der Waals surface area (Å²) in [6, 6.07) is 6.39. The molecule has 0 nitrogen and oxygen atoms in total. The van der Waals surface area contributed by atoms with E-state index in [4.69, 9.17) is 0 Å². The molecule has 0 bridgehead atoms. The third kappa shape index (κ3) is 2.60. The van der Waals surface area contributed by atoms with Crippen LogP contribution >= 0.6 is 31.9 Å². The van der Waals surface area contributed by atoms with Gasteiger partial charge in [-0.3, -0.25) is 0 Å². The summed E-state index contributed by atoms with van der Waals surface area (Å²) in [7, 11) is 0. The van der Waals surface area contributed by atoms with Crippen LogP contribution in [0.4, 0.5) is 0 Å². The summed E-state index contributed by atoms with van der Waals surface area (Å²) in [5.41, 5.74) is 2.55. The van der Waals surface area contributed by atoms with Gasteiger partial charge in [-0.2, -0.15) is 0 Å². The standard InChI is InChI=1S/C10H11Br2/c1-7-3-9(8(2)6-11)5-10(12)4-7/h3-5,8H,2,6H2,1H3. The van der Waals surface area contributed by atoms with E-state index in [0.29, 0.717) is 5.92 Å². The van der Waals surface area contributed by atoms with Crippen LogP contribution in [0.25, 0.3) is 0 Å². The van der Waals surface area contributed by atoms with Gasteiger partial charge in [-0.05, 0) is 43.0 Å². The Kier molecular flexibility index (Phi) is 3.78. The highest BCUT2D eigenvalue weighted by atomic mass is 79.9. The highest BCUT2D eigenvalue weighted by molar-refractivity contribution is 9.10. The van der Waals surface area contributed by atoms with Crippen molar-refractivity contribution in [2.45, 2.75) is 12.8 Å². The van der Waals surface area contributed by atoms with Crippen LogP contribution in [0.3, 0.4) is 0 Å². The summed E-state index contributed by atoms with van der Waals surface area (Å²) >= 11 is 6.89. The van der Waals surface area contributed by atoms with Crippen molar-refractivity contribution in [2.24, 2.45) is 0 Å². The second kappa shape index (κ2) is 4.43. The third-order valence-corrected chi connectivity index (χ3v) is 2.96. The van der Waals surface area contributed by atoms with Gasteiger partial charge in [-0.25, -0.2) is 0 Å². The molecule has 0 aromatic heterocycles. The Hall–Kier alpha value is 0.180. The van der Waals surface area contributed by atoms with Gasteiger partial charge in [-0.15, -0.1) is 0 Å². The molecule has 0 spiro atoms. The van der Waals surface area contributed by atoms with Crippen molar-refractivity contribution in [2.75, 3.05) is 5.33 Å². The van der Waals surface area contributed by atoms with Crippen LogP contribution in [0.5, 0.6) is 0 Å². The summed E-state index contributed by atoms with van der Waals surface area (Å²) in [5.74, 6) is 0.334. The molecule has 0 aliphatic carbocycles. The molecule has 0 fully saturated rings. The first kappa shape index (κ1) is 10.3. The van der Waals surface area contributed by atoms with Gasteiger partial charge in [0.2, 0.25) is 0 Å². The number of aryl methyl sites for hydroxylation is 1. The molecule has 1 aromatic rings. The minimum atomic E-state index is 0.334. The van der Waals surface area contributed by atoms with Crippen molar-refractivity contribution in [1.82, 2.24) is 0 Å². The number of rotatable bonds is 2. The molecule has 1 unspecified atom stereocenters. The Morgan fingerprint density at radius 1 is 1.42 bits per heavy atom. The van der Waals surface area contributed by atoms with Crippen molar-refractivity contribution >= 4 is 31.9 Å². The van der Waals surface area contributed by atoms with E-state index in [1.54, 1.807) is 0 Å². The molecular weight excluding hydrogens is 280 g/mol. The highest BCUT2D eigenvalue weighted by Crippen LogP contribution is 2.22. The molecule has 1 aromatic carbocycles. The zero-order valence-corrected chi connectivity index (χ0v) is 10.2. The average Bonchev–Trinajstić information content (AvgIpc) is 2.01. The molecule has 0 aliphatic heterocycles. The van der Waals surface area contributed by atoms with Crippen molar-refractivity contribution < 1.29 is 0 Å². The largest absolute Gasteiger partial charge is 0.0921 e. The van der Waals surface area contributed by atoms with E-state index >= 15 is 0 Å². The molecule has 0 heterocycles. The van der Waals surface area contributed by atoms with Crippen LogP contribution in [0.2, 0.25) is 0 Å². The topological polar surface area (TPSA) is 0 Å². The van der Waals surface area contributed by atoms with Gasteiger partial charge >= 0.3 is 0 Å². The summed E-state index contributed by atoms with van der Waals surface area (Å²) in [6.45, 7) is 6.13. The second-order valence-electron chi connectivity index (χ2n) is 2.91. The van der Waals surface area contributed by atoms with E-state index in [1.807, 2.05) is 0 Å². The van der Waals surface area contributed by atoms with Crippen LogP contribution in [0, 0.1) is 13.8 Å². The Balaban J connectivity index is 3.00. The van der Waals surface area contributed by atoms with Gasteiger partial charge in [0.25, 0.3) is 0 Å². The fourth-order valence-corrected chi connectivity index (χ4v) is 2.09. The summed E-state index contributed by atoms with van der Waals surface area (Å²) in [6.07, 6.45) is 0. The summed E-state index contributed by atoms with van der Waals surface area (Å²) < 4.78 is 1.13. The van der Waals surface area contributed by atoms with E-state index in [1.165, 1.54) is 11.1 Å². The van der Waals surface area contributed by atoms with Crippen molar-refractivity contribution in [3.05, 3.63) is 40.7 Å². The normalized spacial score (nSPS) is 13.0. The Bertz CT molecular complexity index is 248. The van der Waals surface area contributed by atoms with E-state index in [2.05, 4.69) is 63.9 Å². The van der Waals surface area contributed by atoms with Crippen LogP contribution in [-0.2, 0) is 0 Å². The van der Waals surface area contributed by atoms with Crippen molar-refractivity contribution in [3.8, 4) is 0 Å². The van der Waals surface area contributed by atoms with Crippen LogP contribution in [-0.4, -0.2) is 5.33 Å². The Morgan fingerprint density at radius 3 is 2.58 bits per heavy atom. The molecule has 0 amide bonds. The maximum absolute atomic E-state index is 4.04. The maximum atomic E-state index is 4.04. The second-order valence-corrected chi connectivity index (χ2v) is 4.48. The summed E-state index contributed by atoms with van der Waals surface area (Å²) in [5, 5.41) is 0.906. The predicted octanol–water partition coefficient (Wildman–Crippen LogP) is 4.07. The van der Waals surface area contributed by atoms with Gasteiger partial charge < -0.3 is 0 Å². The molecule has 0 N–H and O–H groups in total. The lowest BCUT2D eigenvalue weighted by molar-refractivity contribution is 0.983. The fourth-order valence-electron chi connectivity index (χ4n) is 1.09. The molecular formula is C10H11Br2. The van der Waals surface area contributed by atoms with Gasteiger partial charge in [0.05, 0.1) is 0 Å². The summed E-state index contributed by atoms with van der Waals surface area (Å²) in [4.78, 5) is 0. The SMILES string of the molecule is [CH2]C(CBr)c1cc(C)cc(Br)c1. The lowest BCUT2D eigenvalue weighted by Crippen LogP contribution is -1.95. The number of alkyl halides is 1. The minimum absolute atomic E-state index is 0.334. The lowest BCUT2D eigenvalue weighted by Gasteiger charge is -2.09. The van der Waals surface area contributed by atoms with Crippen LogP contribution in [0.15, 0.2) is 22.7 Å². The third-order valence-electron chi connectivity index (χ3n) is 1.72. The van der Waals surface area contributed by atoms with E-state index in [9.17, 15) is 0 Å². The van der Waals surface area contributed by atoms with Gasteiger partial charge in [-0.1, -0.05) is 37.9 Å². The molecule has 12 heavy (non-hydrogen) atoms. The molecule has 0 aliphatic rings. The number of benzene rings is 1. The molecule has 2 heteroatoms. The molecule has 1 atom stereocenters. The molecule has 1 rings (SSSR count). The molecule has 0 saturated heterocycles. The van der Waals surface area contributed by atoms with Gasteiger partial charge in [0.1, 0.15) is 0 Å². The van der Waals surface area contributed by atoms with Gasteiger partial charge in [0, 0.05) is 9.80 Å². The zero-order chi connectivity index (χ0) is 9.14. The quantitative estimate of drug-likeness (QED) is 0.720. The molecule has 1 radical (unpaired) electrons. The van der Waals surface area contributed by atoms with Crippen molar-refractivity contribution in [1.29, 1.82) is 0 Å². The number of hydrogen-bond donors (Lipinski definition) is 0. The predicted molar refractivity (Wildman–Crippen MR) is 60.8 cm³/mol. The monoisotopic (exact) mass is 289 g/mol.